The maximum absolute atomic E-state index is 11.4. The maximum atomic E-state index is 11.4. The van der Waals surface area contributed by atoms with Crippen LogP contribution in [-0.2, 0) is 9.53 Å². The van der Waals surface area contributed by atoms with E-state index in [1.165, 1.54) is 25.7 Å². The van der Waals surface area contributed by atoms with Crippen LogP contribution in [0, 0.1) is 0 Å². The van der Waals surface area contributed by atoms with Crippen molar-refractivity contribution in [2.75, 3.05) is 20.3 Å². The van der Waals surface area contributed by atoms with Gasteiger partial charge in [-0.15, -0.1) is 11.6 Å². The van der Waals surface area contributed by atoms with E-state index in [-0.39, 0.29) is 11.3 Å². The smallest absolute Gasteiger partial charge is 0.220 e. The Morgan fingerprint density at radius 2 is 1.88 bits per heavy atom. The summed E-state index contributed by atoms with van der Waals surface area (Å²) in [4.78, 5) is 11.4. The van der Waals surface area contributed by atoms with Crippen LogP contribution in [0.25, 0.3) is 0 Å². The number of hydrogen-bond acceptors (Lipinski definition) is 2. The molecule has 0 heterocycles. The van der Waals surface area contributed by atoms with Gasteiger partial charge in [0.1, 0.15) is 0 Å². The SMILES string of the molecule is CCCCCCCCC(=O)NCC(Cl)COC. The molecule has 17 heavy (non-hydrogen) atoms. The third-order valence-corrected chi connectivity index (χ3v) is 2.91. The third-order valence-electron chi connectivity index (χ3n) is 2.63. The lowest BCUT2D eigenvalue weighted by molar-refractivity contribution is -0.121. The molecule has 1 unspecified atom stereocenters. The second-order valence-corrected chi connectivity index (χ2v) is 4.99. The van der Waals surface area contributed by atoms with Gasteiger partial charge in [-0.2, -0.15) is 0 Å². The van der Waals surface area contributed by atoms with Gasteiger partial charge >= 0.3 is 0 Å². The van der Waals surface area contributed by atoms with E-state index in [0.717, 1.165) is 12.8 Å². The fourth-order valence-electron chi connectivity index (χ4n) is 1.62. The predicted molar refractivity (Wildman–Crippen MR) is 72.5 cm³/mol. The molecule has 0 aromatic rings. The zero-order valence-electron chi connectivity index (χ0n) is 11.1. The molecular weight excluding hydrogens is 238 g/mol. The summed E-state index contributed by atoms with van der Waals surface area (Å²) in [5, 5.41) is 2.69. The Bertz CT molecular complexity index is 188. The van der Waals surface area contributed by atoms with Gasteiger partial charge in [0, 0.05) is 20.1 Å². The molecule has 0 aromatic heterocycles. The molecule has 0 aliphatic rings. The van der Waals surface area contributed by atoms with Crippen LogP contribution in [0.2, 0.25) is 0 Å². The summed E-state index contributed by atoms with van der Waals surface area (Å²) in [7, 11) is 1.60. The first-order valence-electron chi connectivity index (χ1n) is 6.60. The van der Waals surface area contributed by atoms with Crippen LogP contribution >= 0.6 is 11.6 Å². The van der Waals surface area contributed by atoms with E-state index in [0.29, 0.717) is 19.6 Å². The van der Waals surface area contributed by atoms with Crippen molar-refractivity contribution >= 4 is 17.5 Å². The van der Waals surface area contributed by atoms with Gasteiger partial charge < -0.3 is 10.1 Å². The molecule has 0 radical (unpaired) electrons. The second kappa shape index (κ2) is 12.2. The van der Waals surface area contributed by atoms with Crippen molar-refractivity contribution in [3.05, 3.63) is 0 Å². The predicted octanol–water partition coefficient (Wildman–Crippen LogP) is 3.11. The van der Waals surface area contributed by atoms with Gasteiger partial charge in [-0.05, 0) is 6.42 Å². The summed E-state index contributed by atoms with van der Waals surface area (Å²) in [6, 6.07) is 0. The minimum atomic E-state index is -0.131. The number of alkyl halides is 1. The minimum absolute atomic E-state index is 0.0993. The first-order chi connectivity index (χ1) is 8.20. The van der Waals surface area contributed by atoms with Crippen molar-refractivity contribution in [1.29, 1.82) is 0 Å². The lowest BCUT2D eigenvalue weighted by Gasteiger charge is -2.09. The number of carbonyl (C=O) groups is 1. The Hall–Kier alpha value is -0.280. The molecule has 0 bridgehead atoms. The van der Waals surface area contributed by atoms with E-state index in [2.05, 4.69) is 12.2 Å². The van der Waals surface area contributed by atoms with Crippen LogP contribution in [0.3, 0.4) is 0 Å². The molecule has 1 atom stereocenters. The van der Waals surface area contributed by atoms with Crippen LogP contribution in [0.4, 0.5) is 0 Å². The fraction of sp³-hybridized carbons (Fsp3) is 0.923. The molecule has 0 aliphatic carbocycles. The van der Waals surface area contributed by atoms with Crippen LogP contribution in [0.15, 0.2) is 0 Å². The Kier molecular flexibility index (Phi) is 12.0. The zero-order chi connectivity index (χ0) is 12.9. The van der Waals surface area contributed by atoms with Crippen molar-refractivity contribution in [3.63, 3.8) is 0 Å². The molecule has 0 saturated carbocycles. The normalized spacial score (nSPS) is 12.4. The van der Waals surface area contributed by atoms with E-state index in [4.69, 9.17) is 16.3 Å². The molecule has 1 amide bonds. The first-order valence-corrected chi connectivity index (χ1v) is 7.04. The highest BCUT2D eigenvalue weighted by atomic mass is 35.5. The topological polar surface area (TPSA) is 38.3 Å². The molecule has 0 rings (SSSR count). The van der Waals surface area contributed by atoms with Gasteiger partial charge in [-0.3, -0.25) is 4.79 Å². The number of ether oxygens (including phenoxy) is 1. The molecule has 3 nitrogen and oxygen atoms in total. The van der Waals surface area contributed by atoms with E-state index in [1.807, 2.05) is 0 Å². The fourth-order valence-corrected chi connectivity index (χ4v) is 1.82. The largest absolute Gasteiger partial charge is 0.383 e. The Labute approximate surface area is 110 Å². The quantitative estimate of drug-likeness (QED) is 0.460. The van der Waals surface area contributed by atoms with Crippen molar-refractivity contribution in [1.82, 2.24) is 5.32 Å². The van der Waals surface area contributed by atoms with Crippen molar-refractivity contribution < 1.29 is 9.53 Å². The number of unbranched alkanes of at least 4 members (excludes halogenated alkanes) is 5. The number of methoxy groups -OCH3 is 1. The molecule has 1 N–H and O–H groups in total. The highest BCUT2D eigenvalue weighted by molar-refractivity contribution is 6.21. The number of hydrogen-bond donors (Lipinski definition) is 1. The van der Waals surface area contributed by atoms with Crippen molar-refractivity contribution in [2.45, 2.75) is 57.2 Å². The second-order valence-electron chi connectivity index (χ2n) is 4.37. The number of nitrogens with one attached hydrogen (secondary N) is 1. The summed E-state index contributed by atoms with van der Waals surface area (Å²) in [6.07, 6.45) is 7.83. The Morgan fingerprint density at radius 1 is 1.24 bits per heavy atom. The average Bonchev–Trinajstić information content (AvgIpc) is 2.31. The molecule has 0 fully saturated rings. The van der Waals surface area contributed by atoms with Crippen LogP contribution < -0.4 is 5.32 Å². The van der Waals surface area contributed by atoms with Gasteiger partial charge in [-0.25, -0.2) is 0 Å². The van der Waals surface area contributed by atoms with E-state index >= 15 is 0 Å². The third kappa shape index (κ3) is 12.0. The molecule has 0 saturated heterocycles. The summed E-state index contributed by atoms with van der Waals surface area (Å²) in [6.45, 7) is 3.17. The number of rotatable bonds is 11. The molecule has 4 heteroatoms. The zero-order valence-corrected chi connectivity index (χ0v) is 11.9. The summed E-state index contributed by atoms with van der Waals surface area (Å²) in [5.74, 6) is 0.0993. The summed E-state index contributed by atoms with van der Waals surface area (Å²) in [5.41, 5.74) is 0. The Morgan fingerprint density at radius 3 is 2.53 bits per heavy atom. The van der Waals surface area contributed by atoms with Crippen molar-refractivity contribution in [3.8, 4) is 0 Å². The van der Waals surface area contributed by atoms with Crippen LogP contribution in [0.1, 0.15) is 51.9 Å². The molecule has 0 spiro atoms. The van der Waals surface area contributed by atoms with E-state index in [9.17, 15) is 4.79 Å². The van der Waals surface area contributed by atoms with Crippen LogP contribution in [0.5, 0.6) is 0 Å². The van der Waals surface area contributed by atoms with Gasteiger partial charge in [0.25, 0.3) is 0 Å². The molecule has 102 valence electrons. The van der Waals surface area contributed by atoms with Gasteiger partial charge in [0.2, 0.25) is 5.91 Å². The Balaban J connectivity index is 3.28. The highest BCUT2D eigenvalue weighted by Gasteiger charge is 2.06. The molecule has 0 aromatic carbocycles. The number of carbonyl (C=O) groups excluding carboxylic acids is 1. The summed E-state index contributed by atoms with van der Waals surface area (Å²) >= 11 is 5.90. The van der Waals surface area contributed by atoms with Gasteiger partial charge in [0.05, 0.1) is 12.0 Å². The number of halogens is 1. The van der Waals surface area contributed by atoms with Gasteiger partial charge in [-0.1, -0.05) is 39.0 Å². The van der Waals surface area contributed by atoms with Crippen molar-refractivity contribution in [2.24, 2.45) is 0 Å². The lowest BCUT2D eigenvalue weighted by atomic mass is 10.1. The standard InChI is InChI=1S/C13H26ClNO2/c1-3-4-5-6-7-8-9-13(16)15-10-12(14)11-17-2/h12H,3-11H2,1-2H3,(H,15,16). The molecule has 0 aliphatic heterocycles. The summed E-state index contributed by atoms with van der Waals surface area (Å²) < 4.78 is 4.89. The monoisotopic (exact) mass is 263 g/mol. The maximum Gasteiger partial charge on any atom is 0.220 e. The van der Waals surface area contributed by atoms with Crippen LogP contribution in [-0.4, -0.2) is 31.5 Å². The first kappa shape index (κ1) is 16.7. The molecular formula is C13H26ClNO2. The van der Waals surface area contributed by atoms with Gasteiger partial charge in [0.15, 0.2) is 0 Å². The minimum Gasteiger partial charge on any atom is -0.383 e. The van der Waals surface area contributed by atoms with E-state index in [1.54, 1.807) is 7.11 Å². The average molecular weight is 264 g/mol. The highest BCUT2D eigenvalue weighted by Crippen LogP contribution is 2.06. The lowest BCUT2D eigenvalue weighted by Crippen LogP contribution is -2.31. The van der Waals surface area contributed by atoms with E-state index < -0.39 is 0 Å². The number of amides is 1.